The second-order valence-corrected chi connectivity index (χ2v) is 4.63. The Kier molecular flexibility index (Phi) is 4.00. The fraction of sp³-hybridized carbons (Fsp3) is 0. The molecule has 0 fully saturated rings. The molecule has 0 unspecified atom stereocenters. The average Bonchev–Trinajstić information content (AvgIpc) is 2.41. The van der Waals surface area contributed by atoms with E-state index in [9.17, 15) is 14.9 Å². The first-order valence-corrected chi connectivity index (χ1v) is 6.17. The third-order valence-corrected chi connectivity index (χ3v) is 3.15. The lowest BCUT2D eigenvalue weighted by molar-refractivity contribution is -0.389. The molecule has 96 valence electrons. The highest BCUT2D eigenvalue weighted by molar-refractivity contribution is 14.1. The molecule has 0 atom stereocenters. The zero-order chi connectivity index (χ0) is 13.8. The molecule has 0 spiro atoms. The number of nitrogens with zero attached hydrogens (tertiary/aromatic N) is 3. The minimum absolute atomic E-state index is 0.168. The number of rotatable bonds is 3. The number of amides is 1. The van der Waals surface area contributed by atoms with Crippen molar-refractivity contribution in [3.63, 3.8) is 0 Å². The molecule has 19 heavy (non-hydrogen) atoms. The van der Waals surface area contributed by atoms with E-state index in [0.717, 1.165) is 9.64 Å². The minimum Gasteiger partial charge on any atom is -0.358 e. The van der Waals surface area contributed by atoms with Crippen molar-refractivity contribution in [1.29, 1.82) is 0 Å². The number of carbonyl (C=O) groups excluding carboxylic acids is 1. The third kappa shape index (κ3) is 3.22. The summed E-state index contributed by atoms with van der Waals surface area (Å²) in [5.41, 5.74) is 0.717. The highest BCUT2D eigenvalue weighted by Crippen LogP contribution is 2.17. The van der Waals surface area contributed by atoms with Gasteiger partial charge in [0.05, 0.1) is 17.4 Å². The Hall–Kier alpha value is -2.10. The summed E-state index contributed by atoms with van der Waals surface area (Å²) >= 11 is 2.06. The van der Waals surface area contributed by atoms with Crippen LogP contribution < -0.4 is 5.32 Å². The maximum atomic E-state index is 11.9. The van der Waals surface area contributed by atoms with Crippen molar-refractivity contribution in [3.05, 3.63) is 56.0 Å². The van der Waals surface area contributed by atoms with Crippen LogP contribution in [0.15, 0.2) is 36.8 Å². The lowest BCUT2D eigenvalue weighted by atomic mass is 10.2. The van der Waals surface area contributed by atoms with Crippen LogP contribution >= 0.6 is 22.6 Å². The van der Waals surface area contributed by atoms with E-state index in [1.54, 1.807) is 12.3 Å². The van der Waals surface area contributed by atoms with E-state index in [-0.39, 0.29) is 11.4 Å². The second-order valence-electron chi connectivity index (χ2n) is 3.47. The van der Waals surface area contributed by atoms with Crippen LogP contribution in [0, 0.1) is 13.7 Å². The molecule has 0 aromatic carbocycles. The van der Waals surface area contributed by atoms with Gasteiger partial charge < -0.3 is 15.4 Å². The number of hydrogen-bond donors (Lipinski definition) is 1. The van der Waals surface area contributed by atoms with E-state index in [1.807, 2.05) is 0 Å². The molecule has 0 aliphatic rings. The van der Waals surface area contributed by atoms with Crippen molar-refractivity contribution in [2.45, 2.75) is 0 Å². The zero-order valence-corrected chi connectivity index (χ0v) is 11.6. The predicted molar refractivity (Wildman–Crippen MR) is 75.8 cm³/mol. The van der Waals surface area contributed by atoms with E-state index in [0.29, 0.717) is 5.69 Å². The normalized spacial score (nSPS) is 9.95. The number of halogens is 1. The monoisotopic (exact) mass is 370 g/mol. The summed E-state index contributed by atoms with van der Waals surface area (Å²) in [7, 11) is 0. The van der Waals surface area contributed by atoms with Gasteiger partial charge in [0.15, 0.2) is 0 Å². The summed E-state index contributed by atoms with van der Waals surface area (Å²) in [6, 6.07) is 4.27. The van der Waals surface area contributed by atoms with Crippen LogP contribution in [-0.4, -0.2) is 20.8 Å². The molecular weight excluding hydrogens is 363 g/mol. The molecule has 0 bridgehead atoms. The van der Waals surface area contributed by atoms with E-state index in [2.05, 4.69) is 37.9 Å². The van der Waals surface area contributed by atoms with E-state index in [4.69, 9.17) is 0 Å². The average molecular weight is 370 g/mol. The Morgan fingerprint density at radius 3 is 2.84 bits per heavy atom. The van der Waals surface area contributed by atoms with Crippen LogP contribution in [0.5, 0.6) is 0 Å². The zero-order valence-electron chi connectivity index (χ0n) is 9.41. The van der Waals surface area contributed by atoms with Crippen molar-refractivity contribution in [2.24, 2.45) is 0 Å². The fourth-order valence-electron chi connectivity index (χ4n) is 1.32. The Morgan fingerprint density at radius 1 is 1.37 bits per heavy atom. The number of hydrogen-bond acceptors (Lipinski definition) is 5. The summed E-state index contributed by atoms with van der Waals surface area (Å²) < 4.78 is 0.824. The number of anilines is 1. The molecule has 0 saturated heterocycles. The molecule has 2 aromatic heterocycles. The summed E-state index contributed by atoms with van der Waals surface area (Å²) in [5.74, 6) is -0.815. The van der Waals surface area contributed by atoms with Crippen LogP contribution in [0.25, 0.3) is 0 Å². The molecule has 0 radical (unpaired) electrons. The summed E-state index contributed by atoms with van der Waals surface area (Å²) in [6.45, 7) is 0. The van der Waals surface area contributed by atoms with Gasteiger partial charge in [0.2, 0.25) is 0 Å². The molecule has 2 aromatic rings. The lowest BCUT2D eigenvalue weighted by Gasteiger charge is -2.05. The van der Waals surface area contributed by atoms with Gasteiger partial charge in [-0.2, -0.15) is 0 Å². The SMILES string of the molecule is O=C(Nc1cnccc1I)c1ccnc([N+](=O)[O-])c1. The van der Waals surface area contributed by atoms with Gasteiger partial charge in [-0.25, -0.2) is 0 Å². The van der Waals surface area contributed by atoms with Gasteiger partial charge in [-0.05, 0) is 44.6 Å². The van der Waals surface area contributed by atoms with Crippen molar-refractivity contribution in [1.82, 2.24) is 9.97 Å². The predicted octanol–water partition coefficient (Wildman–Crippen LogP) is 2.24. The van der Waals surface area contributed by atoms with Gasteiger partial charge >= 0.3 is 5.82 Å². The number of pyridine rings is 2. The molecule has 2 rings (SSSR count). The Balaban J connectivity index is 2.23. The lowest BCUT2D eigenvalue weighted by Crippen LogP contribution is -2.13. The quantitative estimate of drug-likeness (QED) is 0.508. The van der Waals surface area contributed by atoms with Crippen molar-refractivity contribution >= 4 is 40.0 Å². The van der Waals surface area contributed by atoms with Crippen LogP contribution in [0.3, 0.4) is 0 Å². The molecule has 1 amide bonds. The molecule has 0 aliphatic heterocycles. The topological polar surface area (TPSA) is 98.0 Å². The number of aromatic nitrogens is 2. The first-order valence-electron chi connectivity index (χ1n) is 5.09. The van der Waals surface area contributed by atoms with Gasteiger partial charge in [-0.15, -0.1) is 0 Å². The van der Waals surface area contributed by atoms with Gasteiger partial charge in [-0.1, -0.05) is 0 Å². The smallest absolute Gasteiger partial charge is 0.358 e. The van der Waals surface area contributed by atoms with E-state index >= 15 is 0 Å². The number of nitrogens with one attached hydrogen (secondary N) is 1. The molecular formula is C11H7IN4O3. The maximum absolute atomic E-state index is 11.9. The van der Waals surface area contributed by atoms with Crippen molar-refractivity contribution in [3.8, 4) is 0 Å². The fourth-order valence-corrected chi connectivity index (χ4v) is 1.76. The highest BCUT2D eigenvalue weighted by atomic mass is 127. The van der Waals surface area contributed by atoms with Gasteiger partial charge in [0.1, 0.15) is 6.20 Å². The first kappa shape index (κ1) is 13.3. The number of carbonyl (C=O) groups is 1. The number of nitro groups is 1. The van der Waals surface area contributed by atoms with Crippen molar-refractivity contribution in [2.75, 3.05) is 5.32 Å². The van der Waals surface area contributed by atoms with Crippen LogP contribution in [0.2, 0.25) is 0 Å². The third-order valence-electron chi connectivity index (χ3n) is 2.21. The molecule has 7 nitrogen and oxygen atoms in total. The van der Waals surface area contributed by atoms with Crippen LogP contribution in [0.4, 0.5) is 11.5 Å². The van der Waals surface area contributed by atoms with Crippen LogP contribution in [-0.2, 0) is 0 Å². The molecule has 8 heteroatoms. The van der Waals surface area contributed by atoms with E-state index < -0.39 is 10.8 Å². The highest BCUT2D eigenvalue weighted by Gasteiger charge is 2.13. The van der Waals surface area contributed by atoms with Gasteiger partial charge in [0.25, 0.3) is 5.91 Å². The minimum atomic E-state index is -0.648. The van der Waals surface area contributed by atoms with Gasteiger partial charge in [-0.3, -0.25) is 9.78 Å². The van der Waals surface area contributed by atoms with Gasteiger partial charge in [0, 0.05) is 15.8 Å². The molecule has 0 saturated carbocycles. The Labute approximate surface area is 121 Å². The Bertz CT molecular complexity index is 647. The molecule has 2 heterocycles. The summed E-state index contributed by atoms with van der Waals surface area (Å²) in [5, 5.41) is 13.2. The summed E-state index contributed by atoms with van der Waals surface area (Å²) in [4.78, 5) is 29.3. The molecule has 1 N–H and O–H groups in total. The standard InChI is InChI=1S/C11H7IN4O3/c12-8-2-3-13-6-9(8)15-11(17)7-1-4-14-10(5-7)16(18)19/h1-6H,(H,15,17). The van der Waals surface area contributed by atoms with Crippen LogP contribution in [0.1, 0.15) is 10.4 Å². The molecule has 0 aliphatic carbocycles. The van der Waals surface area contributed by atoms with Crippen molar-refractivity contribution < 1.29 is 9.72 Å². The second kappa shape index (κ2) is 5.69. The largest absolute Gasteiger partial charge is 0.364 e. The Morgan fingerprint density at radius 2 is 2.16 bits per heavy atom. The summed E-state index contributed by atoms with van der Waals surface area (Å²) in [6.07, 6.45) is 4.34. The first-order chi connectivity index (χ1) is 9.08. The van der Waals surface area contributed by atoms with E-state index in [1.165, 1.54) is 18.5 Å². The maximum Gasteiger partial charge on any atom is 0.364 e.